The summed E-state index contributed by atoms with van der Waals surface area (Å²) in [4.78, 5) is 24.3. The molecule has 1 fully saturated rings. The van der Waals surface area contributed by atoms with Gasteiger partial charge in [0.15, 0.2) is 0 Å². The van der Waals surface area contributed by atoms with Crippen LogP contribution >= 0.6 is 11.6 Å². The van der Waals surface area contributed by atoms with E-state index < -0.39 is 18.1 Å². The number of carboxylic acid groups (broad SMARTS) is 1. The summed E-state index contributed by atoms with van der Waals surface area (Å²) in [5.41, 5.74) is 0.764. The van der Waals surface area contributed by atoms with Crippen LogP contribution in [0.3, 0.4) is 0 Å². The molecule has 19 heavy (non-hydrogen) atoms. The van der Waals surface area contributed by atoms with Gasteiger partial charge in [0.2, 0.25) is 5.91 Å². The number of amides is 1. The molecule has 2 rings (SSSR count). The van der Waals surface area contributed by atoms with Crippen LogP contribution in [0.5, 0.6) is 0 Å². The number of aliphatic carboxylic acids is 1. The number of carboxylic acids is 1. The molecule has 1 aromatic rings. The number of β-amino-alcohol motifs (C(OH)–C–C–N with tert-alkyl or cyclic N) is 1. The van der Waals surface area contributed by atoms with E-state index in [1.807, 2.05) is 0 Å². The first kappa shape index (κ1) is 13.8. The third-order valence-electron chi connectivity index (χ3n) is 3.15. The quantitative estimate of drug-likeness (QED) is 0.865. The highest BCUT2D eigenvalue weighted by atomic mass is 35.5. The van der Waals surface area contributed by atoms with E-state index in [0.717, 1.165) is 5.56 Å². The van der Waals surface area contributed by atoms with Gasteiger partial charge in [0.1, 0.15) is 6.04 Å². The summed E-state index contributed by atoms with van der Waals surface area (Å²) in [6, 6.07) is 5.87. The average Bonchev–Trinajstić information content (AvgIpc) is 2.74. The van der Waals surface area contributed by atoms with Crippen LogP contribution in [0.2, 0.25) is 5.02 Å². The molecule has 1 amide bonds. The molecule has 1 aliphatic rings. The van der Waals surface area contributed by atoms with Crippen molar-refractivity contribution in [1.29, 1.82) is 0 Å². The number of aliphatic hydroxyl groups excluding tert-OH is 1. The minimum atomic E-state index is -1.08. The maximum absolute atomic E-state index is 12.1. The van der Waals surface area contributed by atoms with Crippen LogP contribution in [0.4, 0.5) is 0 Å². The maximum Gasteiger partial charge on any atom is 0.326 e. The summed E-state index contributed by atoms with van der Waals surface area (Å²) in [7, 11) is 0. The Kier molecular flexibility index (Phi) is 4.07. The maximum atomic E-state index is 12.1. The van der Waals surface area contributed by atoms with Gasteiger partial charge in [-0.3, -0.25) is 4.79 Å². The lowest BCUT2D eigenvalue weighted by molar-refractivity contribution is -0.148. The number of aliphatic hydroxyl groups is 1. The molecule has 1 saturated heterocycles. The van der Waals surface area contributed by atoms with Gasteiger partial charge in [-0.05, 0) is 17.7 Å². The molecule has 2 atom stereocenters. The van der Waals surface area contributed by atoms with Gasteiger partial charge < -0.3 is 15.1 Å². The van der Waals surface area contributed by atoms with Crippen molar-refractivity contribution in [3.8, 4) is 0 Å². The first-order valence-electron chi connectivity index (χ1n) is 5.92. The van der Waals surface area contributed by atoms with Gasteiger partial charge in [0.25, 0.3) is 0 Å². The number of hydrogen-bond acceptors (Lipinski definition) is 3. The number of rotatable bonds is 3. The van der Waals surface area contributed by atoms with Crippen molar-refractivity contribution in [2.24, 2.45) is 0 Å². The van der Waals surface area contributed by atoms with Gasteiger partial charge in [0.05, 0.1) is 12.5 Å². The third kappa shape index (κ3) is 3.24. The van der Waals surface area contributed by atoms with E-state index in [4.69, 9.17) is 16.7 Å². The molecule has 0 spiro atoms. The Hall–Kier alpha value is -1.59. The zero-order chi connectivity index (χ0) is 14.0. The molecule has 0 bridgehead atoms. The lowest BCUT2D eigenvalue weighted by Gasteiger charge is -2.21. The predicted octanol–water partition coefficient (Wildman–Crippen LogP) is 0.929. The fourth-order valence-electron chi connectivity index (χ4n) is 2.20. The summed E-state index contributed by atoms with van der Waals surface area (Å²) in [5.74, 6) is -1.38. The van der Waals surface area contributed by atoms with Crippen molar-refractivity contribution >= 4 is 23.5 Å². The molecular weight excluding hydrogens is 270 g/mol. The minimum absolute atomic E-state index is 0.0728. The van der Waals surface area contributed by atoms with Gasteiger partial charge in [-0.1, -0.05) is 23.7 Å². The molecule has 2 N–H and O–H groups in total. The van der Waals surface area contributed by atoms with Gasteiger partial charge in [-0.15, -0.1) is 0 Å². The lowest BCUT2D eigenvalue weighted by Crippen LogP contribution is -2.41. The van der Waals surface area contributed by atoms with Crippen molar-refractivity contribution in [1.82, 2.24) is 4.90 Å². The Morgan fingerprint density at radius 3 is 2.53 bits per heavy atom. The minimum Gasteiger partial charge on any atom is -0.480 e. The molecule has 1 aromatic carbocycles. The fraction of sp³-hybridized carbons (Fsp3) is 0.385. The molecule has 6 heteroatoms. The number of carbonyl (C=O) groups excluding carboxylic acids is 1. The molecular formula is C13H14ClNO4. The van der Waals surface area contributed by atoms with E-state index >= 15 is 0 Å². The van der Waals surface area contributed by atoms with Gasteiger partial charge >= 0.3 is 5.97 Å². The molecule has 0 unspecified atom stereocenters. The molecule has 1 aliphatic heterocycles. The number of carbonyl (C=O) groups is 2. The van der Waals surface area contributed by atoms with Crippen molar-refractivity contribution in [3.63, 3.8) is 0 Å². The van der Waals surface area contributed by atoms with Crippen LogP contribution in [0.15, 0.2) is 24.3 Å². The number of halogens is 1. The van der Waals surface area contributed by atoms with E-state index in [1.165, 1.54) is 4.90 Å². The first-order valence-corrected chi connectivity index (χ1v) is 6.30. The number of nitrogens with zero attached hydrogens (tertiary/aromatic N) is 1. The van der Waals surface area contributed by atoms with Gasteiger partial charge in [-0.2, -0.15) is 0 Å². The van der Waals surface area contributed by atoms with Crippen LogP contribution < -0.4 is 0 Å². The van der Waals surface area contributed by atoms with Crippen molar-refractivity contribution in [2.45, 2.75) is 25.0 Å². The van der Waals surface area contributed by atoms with Gasteiger partial charge in [-0.25, -0.2) is 4.79 Å². The molecule has 1 heterocycles. The van der Waals surface area contributed by atoms with Crippen molar-refractivity contribution in [2.75, 3.05) is 6.54 Å². The second-order valence-corrected chi connectivity index (χ2v) is 5.03. The highest BCUT2D eigenvalue weighted by Crippen LogP contribution is 2.20. The Bertz CT molecular complexity index is 488. The standard InChI is InChI=1S/C13H14ClNO4/c14-9-3-1-8(2-4-9)5-12(17)15-7-10(16)6-11(15)13(18)19/h1-4,10-11,16H,5-7H2,(H,18,19)/t10-,11-/m1/s1. The van der Waals surface area contributed by atoms with Crippen molar-refractivity contribution < 1.29 is 19.8 Å². The highest BCUT2D eigenvalue weighted by Gasteiger charge is 2.38. The zero-order valence-corrected chi connectivity index (χ0v) is 10.9. The first-order chi connectivity index (χ1) is 8.97. The summed E-state index contributed by atoms with van der Waals surface area (Å²) in [5, 5.41) is 19.1. The second kappa shape index (κ2) is 5.59. The highest BCUT2D eigenvalue weighted by molar-refractivity contribution is 6.30. The molecule has 0 aromatic heterocycles. The number of likely N-dealkylation sites (tertiary alicyclic amines) is 1. The smallest absolute Gasteiger partial charge is 0.326 e. The van der Waals surface area contributed by atoms with Gasteiger partial charge in [0, 0.05) is 18.0 Å². The van der Waals surface area contributed by atoms with E-state index in [1.54, 1.807) is 24.3 Å². The van der Waals surface area contributed by atoms with E-state index in [0.29, 0.717) is 5.02 Å². The van der Waals surface area contributed by atoms with Crippen LogP contribution in [0.25, 0.3) is 0 Å². The Labute approximate surface area is 115 Å². The normalized spacial score (nSPS) is 22.5. The summed E-state index contributed by atoms with van der Waals surface area (Å²) >= 11 is 5.75. The van der Waals surface area contributed by atoms with E-state index in [2.05, 4.69) is 0 Å². The fourth-order valence-corrected chi connectivity index (χ4v) is 2.33. The summed E-state index contributed by atoms with van der Waals surface area (Å²) in [6.07, 6.45) is -0.578. The molecule has 0 saturated carbocycles. The largest absolute Gasteiger partial charge is 0.480 e. The molecule has 0 aliphatic carbocycles. The third-order valence-corrected chi connectivity index (χ3v) is 3.40. The Morgan fingerprint density at radius 2 is 1.95 bits per heavy atom. The Morgan fingerprint density at radius 1 is 1.32 bits per heavy atom. The van der Waals surface area contributed by atoms with Crippen LogP contribution in [-0.4, -0.2) is 45.7 Å². The number of hydrogen-bond donors (Lipinski definition) is 2. The van der Waals surface area contributed by atoms with E-state index in [9.17, 15) is 14.7 Å². The molecule has 0 radical (unpaired) electrons. The zero-order valence-electron chi connectivity index (χ0n) is 10.1. The SMILES string of the molecule is O=C(O)[C@H]1C[C@@H](O)CN1C(=O)Cc1ccc(Cl)cc1. The average molecular weight is 284 g/mol. The van der Waals surface area contributed by atoms with Crippen molar-refractivity contribution in [3.05, 3.63) is 34.9 Å². The predicted molar refractivity (Wildman–Crippen MR) is 68.9 cm³/mol. The summed E-state index contributed by atoms with van der Waals surface area (Å²) < 4.78 is 0. The summed E-state index contributed by atoms with van der Waals surface area (Å²) in [6.45, 7) is 0.0728. The van der Waals surface area contributed by atoms with Crippen LogP contribution in [0.1, 0.15) is 12.0 Å². The van der Waals surface area contributed by atoms with E-state index in [-0.39, 0.29) is 25.3 Å². The van der Waals surface area contributed by atoms with Crippen LogP contribution in [0, 0.1) is 0 Å². The monoisotopic (exact) mass is 283 g/mol. The number of benzene rings is 1. The molecule has 102 valence electrons. The molecule has 5 nitrogen and oxygen atoms in total. The topological polar surface area (TPSA) is 77.8 Å². The lowest BCUT2D eigenvalue weighted by atomic mass is 10.1. The van der Waals surface area contributed by atoms with Crippen LogP contribution in [-0.2, 0) is 16.0 Å². The second-order valence-electron chi connectivity index (χ2n) is 4.59. The Balaban J connectivity index is 2.06.